The molecule has 6 nitrogen and oxygen atoms in total. The van der Waals surface area contributed by atoms with E-state index in [9.17, 15) is 4.79 Å². The summed E-state index contributed by atoms with van der Waals surface area (Å²) in [4.78, 5) is 14.8. The first-order chi connectivity index (χ1) is 11.5. The van der Waals surface area contributed by atoms with E-state index in [4.69, 9.17) is 16.3 Å². The number of benzene rings is 1. The summed E-state index contributed by atoms with van der Waals surface area (Å²) in [5, 5.41) is 7.47. The number of nitrogens with zero attached hydrogens (tertiary/aromatic N) is 3. The quantitative estimate of drug-likeness (QED) is 0.922. The molecule has 1 aromatic heterocycles. The summed E-state index contributed by atoms with van der Waals surface area (Å²) >= 11 is 6.17. The summed E-state index contributed by atoms with van der Waals surface area (Å²) in [7, 11) is 1.71. The van der Waals surface area contributed by atoms with Gasteiger partial charge in [-0.3, -0.25) is 14.4 Å². The summed E-state index contributed by atoms with van der Waals surface area (Å²) < 4.78 is 6.87. The van der Waals surface area contributed by atoms with Crippen molar-refractivity contribution in [3.05, 3.63) is 46.2 Å². The molecule has 1 fully saturated rings. The van der Waals surface area contributed by atoms with E-state index in [2.05, 4.69) is 21.4 Å². The molecule has 1 N–H and O–H groups in total. The second-order valence-corrected chi connectivity index (χ2v) is 6.29. The van der Waals surface area contributed by atoms with E-state index >= 15 is 0 Å². The highest BCUT2D eigenvalue weighted by atomic mass is 35.5. The Morgan fingerprint density at radius 1 is 1.38 bits per heavy atom. The molecule has 7 heteroatoms. The number of aromatic nitrogens is 2. The van der Waals surface area contributed by atoms with Crippen LogP contribution in [0.2, 0.25) is 5.02 Å². The molecule has 128 valence electrons. The molecule has 0 spiro atoms. The van der Waals surface area contributed by atoms with Crippen molar-refractivity contribution in [1.29, 1.82) is 0 Å². The van der Waals surface area contributed by atoms with E-state index in [0.717, 1.165) is 44.1 Å². The Morgan fingerprint density at radius 3 is 2.79 bits per heavy atom. The van der Waals surface area contributed by atoms with Gasteiger partial charge in [-0.15, -0.1) is 0 Å². The van der Waals surface area contributed by atoms with Crippen molar-refractivity contribution in [3.63, 3.8) is 0 Å². The molecule has 2 aromatic rings. The molecule has 1 aromatic carbocycles. The predicted octanol–water partition coefficient (Wildman–Crippen LogP) is 2.47. The van der Waals surface area contributed by atoms with Crippen LogP contribution in [0.3, 0.4) is 0 Å². The third kappa shape index (κ3) is 3.77. The van der Waals surface area contributed by atoms with Crippen LogP contribution in [0.25, 0.3) is 0 Å². The first-order valence-electron chi connectivity index (χ1n) is 7.94. The minimum Gasteiger partial charge on any atom is -0.379 e. The Hall–Kier alpha value is -1.89. The Balaban J connectivity index is 1.71. The molecule has 1 amide bonds. The fourth-order valence-corrected chi connectivity index (χ4v) is 3.08. The summed E-state index contributed by atoms with van der Waals surface area (Å²) in [5.74, 6) is -0.258. The first kappa shape index (κ1) is 17.0. The normalized spacial score (nSPS) is 15.5. The van der Waals surface area contributed by atoms with Crippen molar-refractivity contribution in [2.75, 3.05) is 31.6 Å². The molecule has 3 rings (SSSR count). The van der Waals surface area contributed by atoms with Gasteiger partial charge in [-0.25, -0.2) is 0 Å². The second kappa shape index (κ2) is 7.34. The van der Waals surface area contributed by atoms with Crippen LogP contribution < -0.4 is 5.32 Å². The van der Waals surface area contributed by atoms with Gasteiger partial charge < -0.3 is 10.1 Å². The van der Waals surface area contributed by atoms with Crippen LogP contribution in [0.15, 0.2) is 24.3 Å². The number of rotatable bonds is 4. The van der Waals surface area contributed by atoms with Crippen molar-refractivity contribution in [2.24, 2.45) is 7.05 Å². The molecule has 0 radical (unpaired) electrons. The average Bonchev–Trinajstić information content (AvgIpc) is 2.81. The van der Waals surface area contributed by atoms with Crippen LogP contribution in [0.5, 0.6) is 0 Å². The van der Waals surface area contributed by atoms with E-state index < -0.39 is 0 Å². The highest BCUT2D eigenvalue weighted by Gasteiger charge is 2.19. The lowest BCUT2D eigenvalue weighted by molar-refractivity contribution is 0.0342. The third-order valence-electron chi connectivity index (χ3n) is 4.06. The lowest BCUT2D eigenvalue weighted by atomic mass is 10.1. The number of carbonyl (C=O) groups excluding carboxylic acids is 1. The molecular formula is C17H21ClN4O2. The number of carbonyl (C=O) groups is 1. The number of amides is 1. The van der Waals surface area contributed by atoms with Gasteiger partial charge >= 0.3 is 0 Å². The highest BCUT2D eigenvalue weighted by molar-refractivity contribution is 6.34. The maximum absolute atomic E-state index is 12.5. The van der Waals surface area contributed by atoms with Gasteiger partial charge in [-0.2, -0.15) is 5.10 Å². The molecule has 1 aliphatic heterocycles. The van der Waals surface area contributed by atoms with E-state index in [1.54, 1.807) is 14.0 Å². The molecule has 0 aliphatic carbocycles. The molecular weight excluding hydrogens is 328 g/mol. The maximum Gasteiger partial charge on any atom is 0.275 e. The topological polar surface area (TPSA) is 59.4 Å². The molecule has 0 bridgehead atoms. The minimum atomic E-state index is -0.258. The van der Waals surface area contributed by atoms with Crippen LogP contribution in [-0.2, 0) is 18.3 Å². The number of aryl methyl sites for hydroxylation is 2. The van der Waals surface area contributed by atoms with Crippen molar-refractivity contribution in [2.45, 2.75) is 13.5 Å². The largest absolute Gasteiger partial charge is 0.379 e. The van der Waals surface area contributed by atoms with E-state index in [1.807, 2.05) is 18.2 Å². The zero-order chi connectivity index (χ0) is 17.1. The number of halogens is 1. The zero-order valence-corrected chi connectivity index (χ0v) is 14.6. The predicted molar refractivity (Wildman–Crippen MR) is 93.4 cm³/mol. The van der Waals surface area contributed by atoms with Crippen molar-refractivity contribution < 1.29 is 9.53 Å². The number of morpholine rings is 1. The number of hydrogen-bond acceptors (Lipinski definition) is 4. The van der Waals surface area contributed by atoms with Crippen molar-refractivity contribution in [1.82, 2.24) is 14.7 Å². The van der Waals surface area contributed by atoms with Gasteiger partial charge in [0.15, 0.2) is 0 Å². The molecule has 0 saturated carbocycles. The number of anilines is 1. The molecule has 1 saturated heterocycles. The standard InChI is InChI=1S/C17H21ClN4O2/c1-12-15(18)16(21(2)20-12)17(23)19-14-5-3-4-13(10-14)11-22-6-8-24-9-7-22/h3-5,10H,6-9,11H2,1-2H3,(H,19,23). The Labute approximate surface area is 146 Å². The fraction of sp³-hybridized carbons (Fsp3) is 0.412. The van der Waals surface area contributed by atoms with Crippen molar-refractivity contribution in [3.8, 4) is 0 Å². The van der Waals surface area contributed by atoms with E-state index in [1.165, 1.54) is 4.68 Å². The van der Waals surface area contributed by atoms with Crippen LogP contribution in [0.1, 0.15) is 21.7 Å². The Kier molecular flexibility index (Phi) is 5.18. The van der Waals surface area contributed by atoms with Crippen LogP contribution in [0, 0.1) is 6.92 Å². The summed E-state index contributed by atoms with van der Waals surface area (Å²) in [6.45, 7) is 6.03. The average molecular weight is 349 g/mol. The summed E-state index contributed by atoms with van der Waals surface area (Å²) in [5.41, 5.74) is 2.92. The number of nitrogens with one attached hydrogen (secondary N) is 1. The summed E-state index contributed by atoms with van der Waals surface area (Å²) in [6, 6.07) is 7.87. The molecule has 0 unspecified atom stereocenters. The van der Waals surface area contributed by atoms with Gasteiger partial charge in [0.2, 0.25) is 0 Å². The fourth-order valence-electron chi connectivity index (χ4n) is 2.83. The zero-order valence-electron chi connectivity index (χ0n) is 13.9. The molecule has 0 atom stereocenters. The monoisotopic (exact) mass is 348 g/mol. The molecule has 2 heterocycles. The minimum absolute atomic E-state index is 0.258. The lowest BCUT2D eigenvalue weighted by Gasteiger charge is -2.26. The van der Waals surface area contributed by atoms with E-state index in [-0.39, 0.29) is 5.91 Å². The van der Waals surface area contributed by atoms with Gasteiger partial charge in [0.25, 0.3) is 5.91 Å². The van der Waals surface area contributed by atoms with Crippen molar-refractivity contribution >= 4 is 23.2 Å². The Bertz CT molecular complexity index is 738. The van der Waals surface area contributed by atoms with Gasteiger partial charge in [-0.1, -0.05) is 23.7 Å². The smallest absolute Gasteiger partial charge is 0.275 e. The van der Waals surface area contributed by atoms with Gasteiger partial charge in [0, 0.05) is 32.4 Å². The van der Waals surface area contributed by atoms with Crippen LogP contribution in [0.4, 0.5) is 5.69 Å². The Morgan fingerprint density at radius 2 is 2.12 bits per heavy atom. The number of hydrogen-bond donors (Lipinski definition) is 1. The highest BCUT2D eigenvalue weighted by Crippen LogP contribution is 2.21. The maximum atomic E-state index is 12.5. The van der Waals surface area contributed by atoms with Gasteiger partial charge in [0.1, 0.15) is 5.69 Å². The van der Waals surface area contributed by atoms with Gasteiger partial charge in [-0.05, 0) is 24.6 Å². The lowest BCUT2D eigenvalue weighted by Crippen LogP contribution is -2.35. The van der Waals surface area contributed by atoms with Crippen LogP contribution >= 0.6 is 11.6 Å². The SMILES string of the molecule is Cc1nn(C)c(C(=O)Nc2cccc(CN3CCOCC3)c2)c1Cl. The van der Waals surface area contributed by atoms with Crippen LogP contribution in [-0.4, -0.2) is 46.9 Å². The van der Waals surface area contributed by atoms with Gasteiger partial charge in [0.05, 0.1) is 23.9 Å². The number of ether oxygens (including phenoxy) is 1. The summed E-state index contributed by atoms with van der Waals surface area (Å²) in [6.07, 6.45) is 0. The molecule has 1 aliphatic rings. The second-order valence-electron chi connectivity index (χ2n) is 5.91. The third-order valence-corrected chi connectivity index (χ3v) is 4.51. The first-order valence-corrected chi connectivity index (χ1v) is 8.32. The van der Waals surface area contributed by atoms with E-state index in [0.29, 0.717) is 16.4 Å². The molecule has 24 heavy (non-hydrogen) atoms.